The highest BCUT2D eigenvalue weighted by Gasteiger charge is 2.18. The SMILES string of the molecule is OC(c1ccc(F)c(-c2ncnc3cc(N4CCOCC4)ccc23)c1)c1cccnn1. The van der Waals surface area contributed by atoms with E-state index in [4.69, 9.17) is 4.74 Å². The van der Waals surface area contributed by atoms with E-state index in [0.717, 1.165) is 29.7 Å². The molecule has 2 aromatic carbocycles. The molecule has 0 spiro atoms. The fourth-order valence-electron chi connectivity index (χ4n) is 3.80. The van der Waals surface area contributed by atoms with E-state index in [1.54, 1.807) is 18.2 Å². The number of hydrogen-bond acceptors (Lipinski definition) is 7. The highest BCUT2D eigenvalue weighted by molar-refractivity contribution is 5.94. The normalized spacial score (nSPS) is 15.2. The number of halogens is 1. The highest BCUT2D eigenvalue weighted by Crippen LogP contribution is 2.32. The molecular formula is C23H20FN5O2. The fraction of sp³-hybridized carbons (Fsp3) is 0.217. The van der Waals surface area contributed by atoms with E-state index in [1.165, 1.54) is 24.7 Å². The highest BCUT2D eigenvalue weighted by atomic mass is 19.1. The second-order valence-electron chi connectivity index (χ2n) is 7.31. The molecule has 3 heterocycles. The van der Waals surface area contributed by atoms with Gasteiger partial charge in [0.25, 0.3) is 0 Å². The predicted molar refractivity (Wildman–Crippen MR) is 114 cm³/mol. The van der Waals surface area contributed by atoms with Crippen LogP contribution < -0.4 is 4.90 Å². The lowest BCUT2D eigenvalue weighted by atomic mass is 9.99. The predicted octanol–water partition coefficient (Wildman–Crippen LogP) is 3.14. The van der Waals surface area contributed by atoms with Gasteiger partial charge in [-0.3, -0.25) is 0 Å². The van der Waals surface area contributed by atoms with Crippen LogP contribution in [-0.2, 0) is 4.74 Å². The monoisotopic (exact) mass is 417 g/mol. The second kappa shape index (κ2) is 8.33. The van der Waals surface area contributed by atoms with Crippen LogP contribution >= 0.6 is 0 Å². The summed E-state index contributed by atoms with van der Waals surface area (Å²) in [6.07, 6.45) is 1.95. The van der Waals surface area contributed by atoms with E-state index in [9.17, 15) is 9.50 Å². The summed E-state index contributed by atoms with van der Waals surface area (Å²) in [7, 11) is 0. The molecule has 1 atom stereocenters. The van der Waals surface area contributed by atoms with Gasteiger partial charge < -0.3 is 14.7 Å². The van der Waals surface area contributed by atoms with E-state index in [2.05, 4.69) is 25.1 Å². The molecule has 1 N–H and O–H groups in total. The zero-order chi connectivity index (χ0) is 21.2. The molecule has 0 amide bonds. The Bertz CT molecular complexity index is 1220. The smallest absolute Gasteiger partial charge is 0.132 e. The lowest BCUT2D eigenvalue weighted by Crippen LogP contribution is -2.36. The topological polar surface area (TPSA) is 84.3 Å². The maximum absolute atomic E-state index is 14.8. The van der Waals surface area contributed by atoms with Gasteiger partial charge in [-0.25, -0.2) is 14.4 Å². The number of hydrogen-bond donors (Lipinski definition) is 1. The Morgan fingerprint density at radius 1 is 1.03 bits per heavy atom. The van der Waals surface area contributed by atoms with Crippen molar-refractivity contribution in [2.75, 3.05) is 31.2 Å². The van der Waals surface area contributed by atoms with Crippen LogP contribution in [0.3, 0.4) is 0 Å². The lowest BCUT2D eigenvalue weighted by molar-refractivity contribution is 0.122. The van der Waals surface area contributed by atoms with Crippen molar-refractivity contribution in [1.29, 1.82) is 0 Å². The fourth-order valence-corrected chi connectivity index (χ4v) is 3.80. The van der Waals surface area contributed by atoms with Crippen molar-refractivity contribution in [2.45, 2.75) is 6.10 Å². The van der Waals surface area contributed by atoms with Crippen molar-refractivity contribution < 1.29 is 14.2 Å². The summed E-state index contributed by atoms with van der Waals surface area (Å²) in [4.78, 5) is 11.0. The first-order chi connectivity index (χ1) is 15.2. The maximum atomic E-state index is 14.8. The second-order valence-corrected chi connectivity index (χ2v) is 7.31. The number of aliphatic hydroxyl groups is 1. The van der Waals surface area contributed by atoms with Crippen molar-refractivity contribution in [1.82, 2.24) is 20.2 Å². The van der Waals surface area contributed by atoms with Crippen LogP contribution in [-0.4, -0.2) is 51.6 Å². The van der Waals surface area contributed by atoms with Gasteiger partial charge in [0.2, 0.25) is 0 Å². The molecule has 7 nitrogen and oxygen atoms in total. The van der Waals surface area contributed by atoms with Crippen LogP contribution in [0.25, 0.3) is 22.2 Å². The number of aromatic nitrogens is 4. The maximum Gasteiger partial charge on any atom is 0.132 e. The zero-order valence-corrected chi connectivity index (χ0v) is 16.6. The van der Waals surface area contributed by atoms with Crippen molar-refractivity contribution in [3.8, 4) is 11.3 Å². The molecule has 2 aromatic heterocycles. The van der Waals surface area contributed by atoms with E-state index >= 15 is 0 Å². The Morgan fingerprint density at radius 2 is 1.90 bits per heavy atom. The summed E-state index contributed by atoms with van der Waals surface area (Å²) in [5.74, 6) is -0.424. The Hall–Kier alpha value is -3.49. The Labute approximate surface area is 178 Å². The molecule has 31 heavy (non-hydrogen) atoms. The van der Waals surface area contributed by atoms with E-state index < -0.39 is 11.9 Å². The van der Waals surface area contributed by atoms with Gasteiger partial charge in [0.05, 0.1) is 30.1 Å². The number of ether oxygens (including phenoxy) is 1. The van der Waals surface area contributed by atoms with E-state index in [1.807, 2.05) is 18.2 Å². The first-order valence-corrected chi connectivity index (χ1v) is 10.0. The molecule has 0 saturated carbocycles. The molecule has 1 saturated heterocycles. The first-order valence-electron chi connectivity index (χ1n) is 10.0. The largest absolute Gasteiger partial charge is 0.382 e. The Balaban J connectivity index is 1.55. The number of nitrogens with zero attached hydrogens (tertiary/aromatic N) is 5. The van der Waals surface area contributed by atoms with Gasteiger partial charge >= 0.3 is 0 Å². The molecular weight excluding hydrogens is 397 g/mol. The summed E-state index contributed by atoms with van der Waals surface area (Å²) in [5.41, 5.74) is 3.45. The zero-order valence-electron chi connectivity index (χ0n) is 16.6. The van der Waals surface area contributed by atoms with Crippen LogP contribution in [0.1, 0.15) is 17.4 Å². The van der Waals surface area contributed by atoms with Crippen molar-refractivity contribution in [2.24, 2.45) is 0 Å². The average Bonchev–Trinajstić information content (AvgIpc) is 2.84. The summed E-state index contributed by atoms with van der Waals surface area (Å²) in [6.45, 7) is 3.03. The number of benzene rings is 2. The summed E-state index contributed by atoms with van der Waals surface area (Å²) < 4.78 is 20.3. The summed E-state index contributed by atoms with van der Waals surface area (Å²) in [5, 5.41) is 19.2. The molecule has 5 rings (SSSR count). The number of rotatable bonds is 4. The van der Waals surface area contributed by atoms with Crippen molar-refractivity contribution in [3.05, 3.63) is 78.1 Å². The van der Waals surface area contributed by atoms with Crippen LogP contribution in [0.15, 0.2) is 61.1 Å². The molecule has 156 valence electrons. The third kappa shape index (κ3) is 3.83. The van der Waals surface area contributed by atoms with Gasteiger partial charge in [-0.15, -0.1) is 0 Å². The van der Waals surface area contributed by atoms with Crippen LogP contribution in [0.2, 0.25) is 0 Å². The number of morpholine rings is 1. The van der Waals surface area contributed by atoms with Crippen molar-refractivity contribution in [3.63, 3.8) is 0 Å². The lowest BCUT2D eigenvalue weighted by Gasteiger charge is -2.29. The number of anilines is 1. The molecule has 0 aliphatic carbocycles. The molecule has 1 unspecified atom stereocenters. The Kier molecular flexibility index (Phi) is 5.23. The first kappa shape index (κ1) is 19.5. The molecule has 8 heteroatoms. The third-order valence-corrected chi connectivity index (χ3v) is 5.43. The van der Waals surface area contributed by atoms with E-state index in [0.29, 0.717) is 35.7 Å². The minimum absolute atomic E-state index is 0.298. The van der Waals surface area contributed by atoms with Gasteiger partial charge in [0.1, 0.15) is 18.2 Å². The summed E-state index contributed by atoms with van der Waals surface area (Å²) in [6, 6.07) is 13.7. The molecule has 0 bridgehead atoms. The molecule has 0 radical (unpaired) electrons. The third-order valence-electron chi connectivity index (χ3n) is 5.43. The van der Waals surface area contributed by atoms with Gasteiger partial charge in [0.15, 0.2) is 0 Å². The molecule has 1 fully saturated rings. The van der Waals surface area contributed by atoms with Gasteiger partial charge in [-0.05, 0) is 48.0 Å². The number of fused-ring (bicyclic) bond motifs is 1. The average molecular weight is 417 g/mol. The van der Waals surface area contributed by atoms with Gasteiger partial charge in [-0.1, -0.05) is 6.07 Å². The van der Waals surface area contributed by atoms with Gasteiger partial charge in [-0.2, -0.15) is 10.2 Å². The van der Waals surface area contributed by atoms with Crippen LogP contribution in [0.4, 0.5) is 10.1 Å². The Morgan fingerprint density at radius 3 is 2.71 bits per heavy atom. The standard InChI is InChI=1S/C23H20FN5O2/c24-19-6-3-15(23(30)20-2-1-7-27-28-20)12-18(19)22-17-5-4-16(13-21(17)25-14-26-22)29-8-10-31-11-9-29/h1-7,12-14,23,30H,8-11H2. The quantitative estimate of drug-likeness (QED) is 0.546. The van der Waals surface area contributed by atoms with Gasteiger partial charge in [0, 0.05) is 35.9 Å². The summed E-state index contributed by atoms with van der Waals surface area (Å²) >= 11 is 0. The van der Waals surface area contributed by atoms with Crippen LogP contribution in [0.5, 0.6) is 0 Å². The van der Waals surface area contributed by atoms with Crippen molar-refractivity contribution >= 4 is 16.6 Å². The molecule has 4 aromatic rings. The molecule has 1 aliphatic heterocycles. The number of aliphatic hydroxyl groups excluding tert-OH is 1. The van der Waals surface area contributed by atoms with E-state index in [-0.39, 0.29) is 0 Å². The minimum atomic E-state index is -1.02. The minimum Gasteiger partial charge on any atom is -0.382 e. The van der Waals surface area contributed by atoms with Crippen LogP contribution in [0, 0.1) is 5.82 Å². The molecule has 1 aliphatic rings.